The number of benzene rings is 2. The highest BCUT2D eigenvalue weighted by Gasteiger charge is 2.37. The van der Waals surface area contributed by atoms with Crippen LogP contribution in [0.15, 0.2) is 54.7 Å². The first-order chi connectivity index (χ1) is 15.8. The van der Waals surface area contributed by atoms with Gasteiger partial charge in [-0.15, -0.1) is 0 Å². The summed E-state index contributed by atoms with van der Waals surface area (Å²) in [5, 5.41) is 2.53. The topological polar surface area (TPSA) is 51.2 Å². The van der Waals surface area contributed by atoms with Gasteiger partial charge < -0.3 is 10.1 Å². The molecule has 4 nitrogen and oxygen atoms in total. The molecule has 180 valence electrons. The molecular weight excluding hydrogens is 462 g/mol. The number of methoxy groups -OCH3 is 1. The van der Waals surface area contributed by atoms with Gasteiger partial charge in [-0.2, -0.15) is 26.3 Å². The van der Waals surface area contributed by atoms with Crippen molar-refractivity contribution in [3.63, 3.8) is 0 Å². The molecule has 0 aliphatic heterocycles. The van der Waals surface area contributed by atoms with Crippen LogP contribution < -0.4 is 10.1 Å². The Morgan fingerprint density at radius 2 is 1.56 bits per heavy atom. The molecule has 34 heavy (non-hydrogen) atoms. The highest BCUT2D eigenvalue weighted by atomic mass is 19.4. The van der Waals surface area contributed by atoms with E-state index >= 15 is 0 Å². The minimum atomic E-state index is -5.00. The predicted molar refractivity (Wildman–Crippen MR) is 114 cm³/mol. The number of nitrogens with one attached hydrogen (secondary N) is 1. The van der Waals surface area contributed by atoms with Gasteiger partial charge in [0.25, 0.3) is 0 Å². The van der Waals surface area contributed by atoms with Gasteiger partial charge in [-0.25, -0.2) is 0 Å². The van der Waals surface area contributed by atoms with Crippen LogP contribution in [0.5, 0.6) is 5.75 Å². The van der Waals surface area contributed by atoms with Gasteiger partial charge in [0.2, 0.25) is 5.91 Å². The summed E-state index contributed by atoms with van der Waals surface area (Å²) in [4.78, 5) is 16.8. The second-order valence-electron chi connectivity index (χ2n) is 7.65. The molecule has 1 atom stereocenters. The smallest absolute Gasteiger partial charge is 0.416 e. The van der Waals surface area contributed by atoms with Crippen molar-refractivity contribution >= 4 is 11.6 Å². The van der Waals surface area contributed by atoms with Crippen LogP contribution in [0.25, 0.3) is 11.1 Å². The zero-order valence-corrected chi connectivity index (χ0v) is 18.3. The van der Waals surface area contributed by atoms with Crippen LogP contribution in [0.1, 0.15) is 35.2 Å². The van der Waals surface area contributed by atoms with E-state index in [2.05, 4.69) is 10.3 Å². The Kier molecular flexibility index (Phi) is 6.90. The molecule has 10 heteroatoms. The Morgan fingerprint density at radius 3 is 2.09 bits per heavy atom. The van der Waals surface area contributed by atoms with E-state index in [9.17, 15) is 31.1 Å². The van der Waals surface area contributed by atoms with Gasteiger partial charge in [-0.3, -0.25) is 9.78 Å². The number of halogens is 6. The first kappa shape index (κ1) is 25.1. The summed E-state index contributed by atoms with van der Waals surface area (Å²) in [7, 11) is 1.43. The second-order valence-corrected chi connectivity index (χ2v) is 7.65. The van der Waals surface area contributed by atoms with E-state index in [4.69, 9.17) is 4.74 Å². The van der Waals surface area contributed by atoms with Crippen molar-refractivity contribution in [2.75, 3.05) is 12.4 Å². The molecule has 1 aromatic heterocycles. The number of amides is 1. The molecule has 0 bridgehead atoms. The normalized spacial score (nSPS) is 12.9. The number of aromatic nitrogens is 1. The Morgan fingerprint density at radius 1 is 0.941 bits per heavy atom. The van der Waals surface area contributed by atoms with E-state index in [1.807, 2.05) is 13.0 Å². The molecule has 0 saturated heterocycles. The molecule has 0 fully saturated rings. The second kappa shape index (κ2) is 9.36. The van der Waals surface area contributed by atoms with Crippen molar-refractivity contribution in [3.8, 4) is 16.9 Å². The summed E-state index contributed by atoms with van der Waals surface area (Å²) < 4.78 is 84.3. The minimum absolute atomic E-state index is 0.0263. The molecule has 2 aromatic carbocycles. The number of nitrogens with zero attached hydrogens (tertiary/aromatic N) is 1. The number of rotatable bonds is 5. The zero-order valence-electron chi connectivity index (χ0n) is 18.3. The van der Waals surface area contributed by atoms with Gasteiger partial charge in [0.1, 0.15) is 5.75 Å². The molecule has 0 radical (unpaired) electrons. The summed E-state index contributed by atoms with van der Waals surface area (Å²) in [6, 6.07) is 9.50. The lowest BCUT2D eigenvalue weighted by atomic mass is 9.95. The van der Waals surface area contributed by atoms with Crippen molar-refractivity contribution in [1.29, 1.82) is 0 Å². The molecule has 0 aliphatic rings. The Labute approximate surface area is 191 Å². The van der Waals surface area contributed by atoms with Crippen LogP contribution in [0, 0.1) is 6.92 Å². The van der Waals surface area contributed by atoms with Crippen LogP contribution in [-0.2, 0) is 17.1 Å². The number of hydrogen-bond donors (Lipinski definition) is 1. The maximum absolute atomic E-state index is 13.1. The molecule has 1 heterocycles. The van der Waals surface area contributed by atoms with E-state index in [1.54, 1.807) is 24.4 Å². The maximum atomic E-state index is 13.1. The predicted octanol–water partition coefficient (Wildman–Crippen LogP) is 6.85. The van der Waals surface area contributed by atoms with Crippen molar-refractivity contribution in [1.82, 2.24) is 4.98 Å². The van der Waals surface area contributed by atoms with E-state index in [1.165, 1.54) is 20.1 Å². The average Bonchev–Trinajstić information content (AvgIpc) is 2.77. The molecule has 3 rings (SSSR count). The van der Waals surface area contributed by atoms with E-state index < -0.39 is 40.9 Å². The number of ether oxygens (including phenoxy) is 1. The number of hydrogen-bond acceptors (Lipinski definition) is 3. The highest BCUT2D eigenvalue weighted by Crippen LogP contribution is 2.38. The number of carbonyl (C=O) groups is 1. The molecule has 3 aromatic rings. The maximum Gasteiger partial charge on any atom is 0.416 e. The number of carbonyl (C=O) groups excluding carboxylic acids is 1. The van der Waals surface area contributed by atoms with Crippen LogP contribution in [0.2, 0.25) is 0 Å². The van der Waals surface area contributed by atoms with Crippen LogP contribution >= 0.6 is 0 Å². The number of pyridine rings is 1. The Hall–Kier alpha value is -3.56. The van der Waals surface area contributed by atoms with E-state index in [0.29, 0.717) is 23.4 Å². The van der Waals surface area contributed by atoms with Gasteiger partial charge in [0, 0.05) is 29.2 Å². The van der Waals surface area contributed by atoms with Gasteiger partial charge >= 0.3 is 12.4 Å². The summed E-state index contributed by atoms with van der Waals surface area (Å²) in [5.74, 6) is -1.66. The SMILES string of the molecule is COc1cc(NC(=O)[C@@H](C)c2cc(C(F)(F)F)cc(C(F)(F)F)c2)ccc1-c1ccnc(C)c1. The molecule has 0 aliphatic carbocycles. The van der Waals surface area contributed by atoms with E-state index in [-0.39, 0.29) is 11.8 Å². The highest BCUT2D eigenvalue weighted by molar-refractivity contribution is 5.96. The lowest BCUT2D eigenvalue weighted by Crippen LogP contribution is -2.20. The number of alkyl halides is 6. The molecule has 1 amide bonds. The quantitative estimate of drug-likeness (QED) is 0.405. The lowest BCUT2D eigenvalue weighted by molar-refractivity contribution is -0.143. The van der Waals surface area contributed by atoms with Gasteiger partial charge in [0.15, 0.2) is 0 Å². The fraction of sp³-hybridized carbons (Fsp3) is 0.250. The lowest BCUT2D eigenvalue weighted by Gasteiger charge is -2.18. The third-order valence-corrected chi connectivity index (χ3v) is 5.18. The van der Waals surface area contributed by atoms with Gasteiger partial charge in [0.05, 0.1) is 24.2 Å². The summed E-state index contributed by atoms with van der Waals surface area (Å²) in [5.41, 5.74) is -0.774. The van der Waals surface area contributed by atoms with Crippen molar-refractivity contribution in [3.05, 3.63) is 77.1 Å². The largest absolute Gasteiger partial charge is 0.496 e. The number of aryl methyl sites for hydroxylation is 1. The zero-order chi connectivity index (χ0) is 25.3. The molecular formula is C24H20F6N2O2. The van der Waals surface area contributed by atoms with Gasteiger partial charge in [-0.1, -0.05) is 0 Å². The molecule has 1 N–H and O–H groups in total. The fourth-order valence-corrected chi connectivity index (χ4v) is 3.35. The summed E-state index contributed by atoms with van der Waals surface area (Å²) >= 11 is 0. The van der Waals surface area contributed by atoms with Gasteiger partial charge in [-0.05, 0) is 67.4 Å². The van der Waals surface area contributed by atoms with Crippen LogP contribution in [0.4, 0.5) is 32.0 Å². The number of anilines is 1. The van der Waals surface area contributed by atoms with Crippen molar-refractivity contribution in [2.24, 2.45) is 0 Å². The summed E-state index contributed by atoms with van der Waals surface area (Å²) in [6.45, 7) is 3.06. The van der Waals surface area contributed by atoms with Crippen molar-refractivity contribution < 1.29 is 35.9 Å². The monoisotopic (exact) mass is 482 g/mol. The first-order valence-corrected chi connectivity index (χ1v) is 10.0. The molecule has 0 saturated carbocycles. The molecule has 0 spiro atoms. The minimum Gasteiger partial charge on any atom is -0.496 e. The summed E-state index contributed by atoms with van der Waals surface area (Å²) in [6.07, 6.45) is -8.37. The third-order valence-electron chi connectivity index (χ3n) is 5.18. The van der Waals surface area contributed by atoms with E-state index in [0.717, 1.165) is 11.3 Å². The van der Waals surface area contributed by atoms with Crippen LogP contribution in [-0.4, -0.2) is 18.0 Å². The average molecular weight is 482 g/mol. The Bertz CT molecular complexity index is 1170. The fourth-order valence-electron chi connectivity index (χ4n) is 3.35. The Balaban J connectivity index is 1.90. The van der Waals surface area contributed by atoms with Crippen LogP contribution in [0.3, 0.4) is 0 Å². The first-order valence-electron chi connectivity index (χ1n) is 10.0. The third kappa shape index (κ3) is 5.67. The van der Waals surface area contributed by atoms with Crippen molar-refractivity contribution in [2.45, 2.75) is 32.1 Å². The molecule has 0 unspecified atom stereocenters. The standard InChI is InChI=1S/C24H20F6N2O2/c1-13-8-15(6-7-31-13)20-5-4-19(12-21(20)34-3)32-22(33)14(2)16-9-17(23(25,26)27)11-18(10-16)24(28,29)30/h4-12,14H,1-3H3,(H,32,33)/t14-/m0/s1.